The Bertz CT molecular complexity index is 1070. The first kappa shape index (κ1) is 30.3. The zero-order valence-corrected chi connectivity index (χ0v) is 21.7. The molecule has 2 unspecified atom stereocenters. The van der Waals surface area contributed by atoms with Crippen LogP contribution in [0.25, 0.3) is 0 Å². The van der Waals surface area contributed by atoms with Crippen molar-refractivity contribution in [1.82, 2.24) is 10.2 Å². The summed E-state index contributed by atoms with van der Waals surface area (Å²) >= 11 is 0. The summed E-state index contributed by atoms with van der Waals surface area (Å²) in [7, 11) is 1.53. The van der Waals surface area contributed by atoms with Gasteiger partial charge in [-0.05, 0) is 39.3 Å². The Kier molecular flexibility index (Phi) is 10.4. The largest absolute Gasteiger partial charge is 0.478 e. The number of hydrogen-bond donors (Lipinski definition) is 5. The van der Waals surface area contributed by atoms with Gasteiger partial charge in [0, 0.05) is 31.8 Å². The topological polar surface area (TPSA) is 207 Å². The lowest BCUT2D eigenvalue weighted by Gasteiger charge is -2.28. The maximum atomic E-state index is 13.3. The number of nitrogens with one attached hydrogen (secondary N) is 2. The molecule has 14 nitrogen and oxygen atoms in total. The SMILES string of the molecule is COCCOCCC(=O)NC1CC(C(=O)Nc2cc(C(=O)O)c(N)cc2C(=O)O)N(C(=O)OC(C)(C)C)C1. The first-order chi connectivity index (χ1) is 17.7. The Labute approximate surface area is 219 Å². The number of carboxylic acid groups (broad SMARTS) is 2. The van der Waals surface area contributed by atoms with Gasteiger partial charge in [0.25, 0.3) is 0 Å². The van der Waals surface area contributed by atoms with Crippen LogP contribution in [-0.4, -0.2) is 96.1 Å². The van der Waals surface area contributed by atoms with Gasteiger partial charge in [0.2, 0.25) is 11.8 Å². The highest BCUT2D eigenvalue weighted by atomic mass is 16.6. The van der Waals surface area contributed by atoms with E-state index >= 15 is 0 Å². The van der Waals surface area contributed by atoms with E-state index in [0.717, 1.165) is 17.0 Å². The number of benzene rings is 1. The number of hydrogen-bond acceptors (Lipinski definition) is 9. The van der Waals surface area contributed by atoms with E-state index in [1.54, 1.807) is 20.8 Å². The van der Waals surface area contributed by atoms with E-state index in [2.05, 4.69) is 10.6 Å². The third kappa shape index (κ3) is 8.59. The van der Waals surface area contributed by atoms with E-state index in [9.17, 15) is 34.2 Å². The number of nitrogens with zero attached hydrogens (tertiary/aromatic N) is 1. The number of anilines is 2. The van der Waals surface area contributed by atoms with Crippen LogP contribution in [0.1, 0.15) is 54.3 Å². The molecular formula is C24H34N4O10. The molecule has 1 aromatic carbocycles. The molecule has 210 valence electrons. The molecule has 0 saturated carbocycles. The molecule has 14 heteroatoms. The fourth-order valence-electron chi connectivity index (χ4n) is 3.72. The van der Waals surface area contributed by atoms with Crippen molar-refractivity contribution in [1.29, 1.82) is 0 Å². The van der Waals surface area contributed by atoms with E-state index in [0.29, 0.717) is 13.2 Å². The van der Waals surface area contributed by atoms with Crippen molar-refractivity contribution in [3.05, 3.63) is 23.3 Å². The summed E-state index contributed by atoms with van der Waals surface area (Å²) in [5, 5.41) is 24.0. The monoisotopic (exact) mass is 538 g/mol. The fourth-order valence-corrected chi connectivity index (χ4v) is 3.72. The molecule has 1 aromatic rings. The summed E-state index contributed by atoms with van der Waals surface area (Å²) in [5.74, 6) is -4.01. The minimum atomic E-state index is -1.45. The first-order valence-electron chi connectivity index (χ1n) is 11.8. The molecule has 2 rings (SSSR count). The smallest absolute Gasteiger partial charge is 0.411 e. The number of ether oxygens (including phenoxy) is 3. The molecule has 1 saturated heterocycles. The van der Waals surface area contributed by atoms with Crippen LogP contribution >= 0.6 is 0 Å². The van der Waals surface area contributed by atoms with Gasteiger partial charge in [0.1, 0.15) is 11.6 Å². The minimum Gasteiger partial charge on any atom is -0.478 e. The summed E-state index contributed by atoms with van der Waals surface area (Å²) in [5.41, 5.74) is 3.34. The van der Waals surface area contributed by atoms with E-state index in [1.165, 1.54) is 7.11 Å². The Morgan fingerprint density at radius 2 is 1.71 bits per heavy atom. The van der Waals surface area contributed by atoms with Gasteiger partial charge in [-0.1, -0.05) is 0 Å². The summed E-state index contributed by atoms with van der Waals surface area (Å²) in [6.45, 7) is 5.78. The van der Waals surface area contributed by atoms with Crippen molar-refractivity contribution >= 4 is 41.2 Å². The van der Waals surface area contributed by atoms with Gasteiger partial charge in [-0.25, -0.2) is 14.4 Å². The molecular weight excluding hydrogens is 504 g/mol. The minimum absolute atomic E-state index is 0.00448. The lowest BCUT2D eigenvalue weighted by Crippen LogP contribution is -2.46. The van der Waals surface area contributed by atoms with Crippen molar-refractivity contribution in [3.63, 3.8) is 0 Å². The molecule has 1 aliphatic heterocycles. The number of amides is 3. The van der Waals surface area contributed by atoms with Crippen LogP contribution in [0, 0.1) is 0 Å². The van der Waals surface area contributed by atoms with Gasteiger partial charge < -0.3 is 40.8 Å². The van der Waals surface area contributed by atoms with E-state index in [-0.39, 0.29) is 43.3 Å². The molecule has 3 amide bonds. The summed E-state index contributed by atoms with van der Waals surface area (Å²) < 4.78 is 15.6. The predicted molar refractivity (Wildman–Crippen MR) is 134 cm³/mol. The zero-order chi connectivity index (χ0) is 28.6. The number of carbonyl (C=O) groups excluding carboxylic acids is 3. The van der Waals surface area contributed by atoms with Crippen LogP contribution in [0.2, 0.25) is 0 Å². The highest BCUT2D eigenvalue weighted by Crippen LogP contribution is 2.27. The van der Waals surface area contributed by atoms with Crippen LogP contribution in [0.5, 0.6) is 0 Å². The highest BCUT2D eigenvalue weighted by molar-refractivity contribution is 6.06. The highest BCUT2D eigenvalue weighted by Gasteiger charge is 2.42. The molecule has 6 N–H and O–H groups in total. The molecule has 0 aromatic heterocycles. The van der Waals surface area contributed by atoms with Crippen molar-refractivity contribution in [2.75, 3.05) is 44.5 Å². The number of methoxy groups -OCH3 is 1. The lowest BCUT2D eigenvalue weighted by molar-refractivity contribution is -0.123. The number of carboxylic acids is 2. The van der Waals surface area contributed by atoms with E-state index in [1.807, 2.05) is 0 Å². The number of nitrogens with two attached hydrogens (primary N) is 1. The van der Waals surface area contributed by atoms with Crippen LogP contribution in [-0.2, 0) is 23.8 Å². The number of nitrogen functional groups attached to an aromatic ring is 1. The molecule has 0 aliphatic carbocycles. The quantitative estimate of drug-likeness (QED) is 0.199. The Morgan fingerprint density at radius 1 is 1.05 bits per heavy atom. The Balaban J connectivity index is 2.23. The molecule has 0 radical (unpaired) electrons. The van der Waals surface area contributed by atoms with Gasteiger partial charge in [0.15, 0.2) is 0 Å². The molecule has 1 heterocycles. The summed E-state index contributed by atoms with van der Waals surface area (Å²) in [6, 6.07) is 0.110. The van der Waals surface area contributed by atoms with Crippen LogP contribution in [0.4, 0.5) is 16.2 Å². The van der Waals surface area contributed by atoms with Gasteiger partial charge in [0.05, 0.1) is 36.6 Å². The van der Waals surface area contributed by atoms with Crippen molar-refractivity contribution in [2.45, 2.75) is 51.3 Å². The third-order valence-corrected chi connectivity index (χ3v) is 5.41. The molecule has 0 bridgehead atoms. The maximum Gasteiger partial charge on any atom is 0.411 e. The van der Waals surface area contributed by atoms with Gasteiger partial charge in [-0.2, -0.15) is 0 Å². The molecule has 1 aliphatic rings. The standard InChI is InChI=1S/C24H34N4O10/c1-24(2,3)38-23(35)28-12-13(26-19(29)5-6-37-8-7-36-4)9-18(28)20(30)27-17-11-14(21(31)32)16(25)10-15(17)22(33)34/h10-11,13,18H,5-9,12,25H2,1-4H3,(H,26,29)(H,27,30)(H,31,32)(H,33,34). The van der Waals surface area contributed by atoms with E-state index < -0.39 is 52.8 Å². The maximum absolute atomic E-state index is 13.3. The van der Waals surface area contributed by atoms with Gasteiger partial charge in [-0.15, -0.1) is 0 Å². The average molecular weight is 539 g/mol. The number of rotatable bonds is 11. The van der Waals surface area contributed by atoms with Gasteiger partial charge >= 0.3 is 18.0 Å². The average Bonchev–Trinajstić information content (AvgIpc) is 3.22. The number of aromatic carboxylic acids is 2. The molecule has 1 fully saturated rings. The van der Waals surface area contributed by atoms with Crippen LogP contribution in [0.3, 0.4) is 0 Å². The Morgan fingerprint density at radius 3 is 2.29 bits per heavy atom. The number of carbonyl (C=O) groups is 5. The third-order valence-electron chi connectivity index (χ3n) is 5.41. The second kappa shape index (κ2) is 13.1. The normalized spacial score (nSPS) is 17.1. The molecule has 0 spiro atoms. The van der Waals surface area contributed by atoms with E-state index in [4.69, 9.17) is 19.9 Å². The van der Waals surface area contributed by atoms with Crippen LogP contribution < -0.4 is 16.4 Å². The summed E-state index contributed by atoms with van der Waals surface area (Å²) in [6.07, 6.45) is -0.751. The number of likely N-dealkylation sites (tertiary alicyclic amines) is 1. The second-order valence-electron chi connectivity index (χ2n) is 9.59. The van der Waals surface area contributed by atoms with Crippen LogP contribution in [0.15, 0.2) is 12.1 Å². The fraction of sp³-hybridized carbons (Fsp3) is 0.542. The zero-order valence-electron chi connectivity index (χ0n) is 21.7. The first-order valence-corrected chi connectivity index (χ1v) is 11.8. The Hall–Kier alpha value is -3.91. The second-order valence-corrected chi connectivity index (χ2v) is 9.59. The van der Waals surface area contributed by atoms with Crippen molar-refractivity contribution < 1.29 is 48.4 Å². The summed E-state index contributed by atoms with van der Waals surface area (Å²) in [4.78, 5) is 62.8. The molecule has 2 atom stereocenters. The predicted octanol–water partition coefficient (Wildman–Crippen LogP) is 1.15. The van der Waals surface area contributed by atoms with Crippen molar-refractivity contribution in [2.24, 2.45) is 0 Å². The lowest BCUT2D eigenvalue weighted by atomic mass is 10.1. The molecule has 38 heavy (non-hydrogen) atoms. The van der Waals surface area contributed by atoms with Crippen molar-refractivity contribution in [3.8, 4) is 0 Å². The van der Waals surface area contributed by atoms with Gasteiger partial charge in [-0.3, -0.25) is 14.5 Å².